The Bertz CT molecular complexity index is 509. The fraction of sp³-hybridized carbons (Fsp3) is 0.267. The number of amides is 1. The van der Waals surface area contributed by atoms with Crippen LogP contribution in [0.3, 0.4) is 0 Å². The van der Waals surface area contributed by atoms with Gasteiger partial charge >= 0.3 is 6.09 Å². The predicted octanol–water partition coefficient (Wildman–Crippen LogP) is 4.61. The minimum Gasteiger partial charge on any atom is -0.441 e. The van der Waals surface area contributed by atoms with E-state index in [0.717, 1.165) is 11.1 Å². The lowest BCUT2D eigenvalue weighted by Crippen LogP contribution is -2.25. The molecule has 1 atom stereocenters. The largest absolute Gasteiger partial charge is 0.441 e. The summed E-state index contributed by atoms with van der Waals surface area (Å²) in [6, 6.07) is 7.28. The first-order valence-electron chi connectivity index (χ1n) is 6.00. The van der Waals surface area contributed by atoms with Crippen molar-refractivity contribution in [2.45, 2.75) is 26.9 Å². The van der Waals surface area contributed by atoms with Crippen LogP contribution in [0.15, 0.2) is 48.2 Å². The molecule has 1 amide bonds. The average molecular weight is 280 g/mol. The van der Waals surface area contributed by atoms with E-state index in [-0.39, 0.29) is 0 Å². The van der Waals surface area contributed by atoms with Crippen LogP contribution in [0.2, 0.25) is 5.02 Å². The van der Waals surface area contributed by atoms with Crippen molar-refractivity contribution in [2.75, 3.05) is 0 Å². The number of carbonyl (C=O) groups is 1. The van der Waals surface area contributed by atoms with Gasteiger partial charge in [0.25, 0.3) is 0 Å². The van der Waals surface area contributed by atoms with E-state index in [9.17, 15) is 4.79 Å². The number of rotatable bonds is 4. The summed E-state index contributed by atoms with van der Waals surface area (Å²) < 4.78 is 5.28. The molecule has 0 radical (unpaired) electrons. The summed E-state index contributed by atoms with van der Waals surface area (Å²) >= 11 is 6.05. The van der Waals surface area contributed by atoms with Crippen LogP contribution in [0.25, 0.3) is 0 Å². The summed E-state index contributed by atoms with van der Waals surface area (Å²) in [5, 5.41) is 3.22. The second-order valence-electron chi connectivity index (χ2n) is 4.18. The van der Waals surface area contributed by atoms with Gasteiger partial charge in [-0.05, 0) is 32.4 Å². The Labute approximate surface area is 118 Å². The van der Waals surface area contributed by atoms with Crippen molar-refractivity contribution < 1.29 is 9.53 Å². The highest BCUT2D eigenvalue weighted by Crippen LogP contribution is 2.25. The molecule has 1 N–H and O–H groups in total. The van der Waals surface area contributed by atoms with E-state index >= 15 is 0 Å². The molecule has 0 saturated carbocycles. The lowest BCUT2D eigenvalue weighted by atomic mass is 10.1. The quantitative estimate of drug-likeness (QED) is 0.818. The number of alkyl carbamates (subject to hydrolysis) is 1. The third kappa shape index (κ3) is 4.45. The van der Waals surface area contributed by atoms with E-state index < -0.39 is 12.2 Å². The van der Waals surface area contributed by atoms with Crippen molar-refractivity contribution >= 4 is 17.7 Å². The highest BCUT2D eigenvalue weighted by molar-refractivity contribution is 6.31. The molecule has 0 unspecified atom stereocenters. The van der Waals surface area contributed by atoms with Crippen LogP contribution in [-0.4, -0.2) is 6.09 Å². The summed E-state index contributed by atoms with van der Waals surface area (Å²) in [4.78, 5) is 11.8. The van der Waals surface area contributed by atoms with Crippen LogP contribution < -0.4 is 5.32 Å². The first kappa shape index (κ1) is 15.3. The number of carbonyl (C=O) groups excluding carboxylic acids is 1. The second-order valence-corrected chi connectivity index (χ2v) is 4.58. The highest BCUT2D eigenvalue weighted by Gasteiger charge is 2.14. The molecule has 0 aromatic heterocycles. The van der Waals surface area contributed by atoms with Gasteiger partial charge in [-0.2, -0.15) is 0 Å². The minimum atomic E-state index is -0.525. The number of nitrogens with one attached hydrogen (secondary N) is 1. The van der Waals surface area contributed by atoms with Crippen LogP contribution in [0.1, 0.15) is 32.4 Å². The summed E-state index contributed by atoms with van der Waals surface area (Å²) in [6.07, 6.45) is 0.824. The molecule has 4 heteroatoms. The number of ether oxygens (including phenoxy) is 1. The van der Waals surface area contributed by atoms with E-state index in [1.165, 1.54) is 0 Å². The molecule has 0 spiro atoms. The van der Waals surface area contributed by atoms with Crippen LogP contribution >= 0.6 is 11.6 Å². The third-order valence-corrected chi connectivity index (χ3v) is 2.96. The molecule has 0 aliphatic rings. The van der Waals surface area contributed by atoms with Crippen molar-refractivity contribution in [2.24, 2.45) is 0 Å². The van der Waals surface area contributed by atoms with Crippen LogP contribution in [0, 0.1) is 0 Å². The van der Waals surface area contributed by atoms with Crippen molar-refractivity contribution in [3.05, 3.63) is 58.8 Å². The maximum Gasteiger partial charge on any atom is 0.412 e. The number of allylic oxidation sites excluding steroid dienone is 2. The molecular weight excluding hydrogens is 262 g/mol. The minimum absolute atomic E-state index is 0.420. The summed E-state index contributed by atoms with van der Waals surface area (Å²) in [7, 11) is 0. The van der Waals surface area contributed by atoms with Gasteiger partial charge in [0.2, 0.25) is 0 Å². The van der Waals surface area contributed by atoms with E-state index in [1.54, 1.807) is 19.1 Å². The monoisotopic (exact) mass is 279 g/mol. The molecule has 3 nitrogen and oxygen atoms in total. The zero-order valence-corrected chi connectivity index (χ0v) is 12.1. The number of hydrogen-bond donors (Lipinski definition) is 1. The number of hydrogen-bond acceptors (Lipinski definition) is 2. The van der Waals surface area contributed by atoms with Crippen molar-refractivity contribution in [1.82, 2.24) is 5.32 Å². The first-order chi connectivity index (χ1) is 8.95. The average Bonchev–Trinajstić information content (AvgIpc) is 2.35. The standard InChI is InChI=1S/C15H18ClNO2/c1-5-14(10(2)3)17-15(18)19-11(4)12-8-6-7-9-13(12)16/h5-9,11H,2H2,1,3-4H3,(H,17,18)/b14-5-/t11-/m1/s1. The van der Waals surface area contributed by atoms with Gasteiger partial charge in [-0.1, -0.05) is 42.5 Å². The molecular formula is C15H18ClNO2. The topological polar surface area (TPSA) is 38.3 Å². The third-order valence-electron chi connectivity index (χ3n) is 2.61. The fourth-order valence-electron chi connectivity index (χ4n) is 1.59. The normalized spacial score (nSPS) is 12.7. The molecule has 0 fully saturated rings. The molecule has 0 aliphatic carbocycles. The molecule has 1 aromatic carbocycles. The number of benzene rings is 1. The summed E-state index contributed by atoms with van der Waals surface area (Å²) in [5.74, 6) is 0. The molecule has 0 heterocycles. The van der Waals surface area contributed by atoms with Gasteiger partial charge in [0.1, 0.15) is 6.10 Å². The Morgan fingerprint density at radius 3 is 2.63 bits per heavy atom. The Morgan fingerprint density at radius 1 is 1.47 bits per heavy atom. The Balaban J connectivity index is 2.68. The van der Waals surface area contributed by atoms with E-state index in [2.05, 4.69) is 11.9 Å². The van der Waals surface area contributed by atoms with Gasteiger partial charge in [-0.3, -0.25) is 5.32 Å². The van der Waals surface area contributed by atoms with Gasteiger partial charge in [0.15, 0.2) is 0 Å². The lowest BCUT2D eigenvalue weighted by Gasteiger charge is -2.16. The van der Waals surface area contributed by atoms with Crippen LogP contribution in [0.4, 0.5) is 4.79 Å². The van der Waals surface area contributed by atoms with Crippen molar-refractivity contribution in [3.8, 4) is 0 Å². The molecule has 0 bridgehead atoms. The maximum atomic E-state index is 11.8. The zero-order chi connectivity index (χ0) is 14.4. The van der Waals surface area contributed by atoms with Gasteiger partial charge < -0.3 is 4.74 Å². The Hall–Kier alpha value is -1.74. The van der Waals surface area contributed by atoms with E-state index in [0.29, 0.717) is 10.7 Å². The predicted molar refractivity (Wildman–Crippen MR) is 78.1 cm³/mol. The summed E-state index contributed by atoms with van der Waals surface area (Å²) in [5.41, 5.74) is 2.19. The maximum absolute atomic E-state index is 11.8. The van der Waals surface area contributed by atoms with Crippen molar-refractivity contribution in [1.29, 1.82) is 0 Å². The van der Waals surface area contributed by atoms with Gasteiger partial charge in [-0.15, -0.1) is 0 Å². The molecule has 19 heavy (non-hydrogen) atoms. The molecule has 0 aliphatic heterocycles. The van der Waals surface area contributed by atoms with Crippen LogP contribution in [0.5, 0.6) is 0 Å². The molecule has 102 valence electrons. The van der Waals surface area contributed by atoms with Crippen molar-refractivity contribution in [3.63, 3.8) is 0 Å². The van der Waals surface area contributed by atoms with E-state index in [4.69, 9.17) is 16.3 Å². The lowest BCUT2D eigenvalue weighted by molar-refractivity contribution is 0.110. The number of halogens is 1. The Kier molecular flexibility index (Phi) is 5.64. The molecule has 1 rings (SSSR count). The van der Waals surface area contributed by atoms with Crippen LogP contribution in [-0.2, 0) is 4.74 Å². The summed E-state index contributed by atoms with van der Waals surface area (Å²) in [6.45, 7) is 9.18. The van der Waals surface area contributed by atoms with Gasteiger partial charge in [0.05, 0.1) is 0 Å². The van der Waals surface area contributed by atoms with Gasteiger partial charge in [-0.25, -0.2) is 4.79 Å². The second kappa shape index (κ2) is 7.00. The van der Waals surface area contributed by atoms with Gasteiger partial charge in [0, 0.05) is 16.3 Å². The SMILES string of the molecule is C=C(C)/C(=C/C)NC(=O)O[C@H](C)c1ccccc1Cl. The zero-order valence-electron chi connectivity index (χ0n) is 11.4. The first-order valence-corrected chi connectivity index (χ1v) is 6.37. The van der Waals surface area contributed by atoms with E-state index in [1.807, 2.05) is 32.0 Å². The Morgan fingerprint density at radius 2 is 2.11 bits per heavy atom. The molecule has 0 saturated heterocycles. The smallest absolute Gasteiger partial charge is 0.412 e. The molecule has 1 aromatic rings. The fourth-order valence-corrected chi connectivity index (χ4v) is 1.88. The highest BCUT2D eigenvalue weighted by atomic mass is 35.5.